The summed E-state index contributed by atoms with van der Waals surface area (Å²) in [5.41, 5.74) is 1.58. The molecule has 1 aromatic carbocycles. The summed E-state index contributed by atoms with van der Waals surface area (Å²) in [6.07, 6.45) is 5.76. The first kappa shape index (κ1) is 22.4. The van der Waals surface area contributed by atoms with Crippen LogP contribution in [0.1, 0.15) is 5.56 Å². The van der Waals surface area contributed by atoms with E-state index in [1.807, 2.05) is 0 Å². The van der Waals surface area contributed by atoms with Crippen LogP contribution in [0, 0.1) is 0 Å². The third-order valence-corrected chi connectivity index (χ3v) is 5.73. The number of halogens is 1. The lowest BCUT2D eigenvalue weighted by molar-refractivity contribution is -0.115. The molecule has 11 heteroatoms. The van der Waals surface area contributed by atoms with E-state index >= 15 is 0 Å². The molecule has 9 nitrogen and oxygen atoms in total. The summed E-state index contributed by atoms with van der Waals surface area (Å²) in [5.74, 6) is -0.357. The number of anilines is 1. The number of nitrogens with zero attached hydrogens (tertiary/aromatic N) is 5. The second kappa shape index (κ2) is 9.27. The Morgan fingerprint density at radius 2 is 2.03 bits per heavy atom. The van der Waals surface area contributed by atoms with Crippen molar-refractivity contribution in [2.45, 2.75) is 11.3 Å². The van der Waals surface area contributed by atoms with Crippen LogP contribution in [0.5, 0.6) is 0 Å². The highest BCUT2D eigenvalue weighted by atomic mass is 35.5. The highest BCUT2D eigenvalue weighted by Crippen LogP contribution is 2.29. The fraction of sp³-hybridized carbons (Fsp3) is 0.200. The van der Waals surface area contributed by atoms with Gasteiger partial charge in [-0.05, 0) is 17.7 Å². The molecular formula is C20H21ClN6O3S. The molecule has 2 heterocycles. The van der Waals surface area contributed by atoms with Gasteiger partial charge in [0.05, 0.1) is 30.2 Å². The number of carbonyl (C=O) groups excluding carboxylic acids is 1. The molecule has 31 heavy (non-hydrogen) atoms. The first-order chi connectivity index (χ1) is 14.7. The standard InChI is InChI=1S/C20H21ClN6O3S/c1-26(2)13-24-31(29,30)18-9-16(11-22-20(18)15-10-23-27(3)12-15)25-19(28)8-14-6-4-5-7-17(14)21/h4-7,9-13H,8H2,1-3H3,(H,25,28). The third-order valence-electron chi connectivity index (χ3n) is 4.12. The van der Waals surface area contributed by atoms with E-state index in [2.05, 4.69) is 19.8 Å². The van der Waals surface area contributed by atoms with Gasteiger partial charge in [-0.25, -0.2) is 0 Å². The minimum Gasteiger partial charge on any atom is -0.368 e. The van der Waals surface area contributed by atoms with E-state index in [4.69, 9.17) is 11.6 Å². The van der Waals surface area contributed by atoms with Crippen molar-refractivity contribution in [2.24, 2.45) is 11.4 Å². The third kappa shape index (κ3) is 5.68. The van der Waals surface area contributed by atoms with Crippen LogP contribution in [0.3, 0.4) is 0 Å². The molecule has 1 amide bonds. The Hall–Kier alpha value is -3.24. The highest BCUT2D eigenvalue weighted by molar-refractivity contribution is 7.90. The Bertz CT molecular complexity index is 1240. The lowest BCUT2D eigenvalue weighted by Gasteiger charge is -2.11. The largest absolute Gasteiger partial charge is 0.368 e. The van der Waals surface area contributed by atoms with Gasteiger partial charge in [0.2, 0.25) is 5.91 Å². The van der Waals surface area contributed by atoms with Crippen LogP contribution in [0.4, 0.5) is 5.69 Å². The van der Waals surface area contributed by atoms with Gasteiger partial charge in [-0.2, -0.15) is 13.5 Å². The van der Waals surface area contributed by atoms with Crippen molar-refractivity contribution >= 4 is 39.6 Å². The van der Waals surface area contributed by atoms with Crippen LogP contribution in [-0.4, -0.2) is 54.4 Å². The zero-order chi connectivity index (χ0) is 22.6. The van der Waals surface area contributed by atoms with Crippen LogP contribution < -0.4 is 5.32 Å². The number of aromatic nitrogens is 3. The predicted molar refractivity (Wildman–Crippen MR) is 120 cm³/mol. The summed E-state index contributed by atoms with van der Waals surface area (Å²) < 4.78 is 31.0. The van der Waals surface area contributed by atoms with E-state index in [1.165, 1.54) is 34.4 Å². The molecule has 3 rings (SSSR count). The molecule has 2 aromatic heterocycles. The molecule has 0 aliphatic rings. The highest BCUT2D eigenvalue weighted by Gasteiger charge is 2.22. The summed E-state index contributed by atoms with van der Waals surface area (Å²) in [6, 6.07) is 8.34. The Morgan fingerprint density at radius 3 is 2.68 bits per heavy atom. The Balaban J connectivity index is 1.96. The zero-order valence-electron chi connectivity index (χ0n) is 17.2. The van der Waals surface area contributed by atoms with Crippen molar-refractivity contribution in [3.05, 3.63) is 59.5 Å². The summed E-state index contributed by atoms with van der Waals surface area (Å²) in [5, 5.41) is 7.22. The van der Waals surface area contributed by atoms with Gasteiger partial charge >= 0.3 is 0 Å². The molecule has 0 aliphatic carbocycles. The summed E-state index contributed by atoms with van der Waals surface area (Å²) in [6.45, 7) is 0. The minimum absolute atomic E-state index is 0.0326. The molecule has 0 unspecified atom stereocenters. The van der Waals surface area contributed by atoms with Gasteiger partial charge in [0, 0.05) is 37.9 Å². The van der Waals surface area contributed by atoms with E-state index in [0.717, 1.165) is 0 Å². The van der Waals surface area contributed by atoms with Gasteiger partial charge in [-0.15, -0.1) is 4.40 Å². The molecule has 0 spiro atoms. The van der Waals surface area contributed by atoms with Gasteiger partial charge in [0.25, 0.3) is 10.0 Å². The maximum absolute atomic E-state index is 12.9. The number of nitrogens with one attached hydrogen (secondary N) is 1. The van der Waals surface area contributed by atoms with Crippen molar-refractivity contribution in [1.29, 1.82) is 0 Å². The van der Waals surface area contributed by atoms with Gasteiger partial charge in [0.1, 0.15) is 11.2 Å². The Morgan fingerprint density at radius 1 is 1.29 bits per heavy atom. The van der Waals surface area contributed by atoms with E-state index in [-0.39, 0.29) is 28.6 Å². The Labute approximate surface area is 185 Å². The quantitative estimate of drug-likeness (QED) is 0.428. The van der Waals surface area contributed by atoms with Gasteiger partial charge in [-0.1, -0.05) is 29.8 Å². The Kier molecular flexibility index (Phi) is 6.71. The first-order valence-electron chi connectivity index (χ1n) is 9.15. The number of rotatable bonds is 7. The number of amides is 1. The van der Waals surface area contributed by atoms with E-state index in [9.17, 15) is 13.2 Å². The van der Waals surface area contributed by atoms with E-state index in [0.29, 0.717) is 16.1 Å². The number of benzene rings is 1. The molecular weight excluding hydrogens is 440 g/mol. The van der Waals surface area contributed by atoms with Crippen LogP contribution in [0.2, 0.25) is 5.02 Å². The maximum Gasteiger partial charge on any atom is 0.285 e. The second-order valence-corrected chi connectivity index (χ2v) is 8.96. The summed E-state index contributed by atoms with van der Waals surface area (Å²) in [7, 11) is 0.935. The van der Waals surface area contributed by atoms with Crippen LogP contribution >= 0.6 is 11.6 Å². The molecule has 162 valence electrons. The number of aryl methyl sites for hydroxylation is 1. The molecule has 0 radical (unpaired) electrons. The monoisotopic (exact) mass is 460 g/mol. The molecule has 0 atom stereocenters. The molecule has 3 aromatic rings. The molecule has 0 aliphatic heterocycles. The number of pyridine rings is 1. The number of hydrogen-bond donors (Lipinski definition) is 1. The van der Waals surface area contributed by atoms with Crippen LogP contribution in [0.25, 0.3) is 11.3 Å². The zero-order valence-corrected chi connectivity index (χ0v) is 18.7. The number of carbonyl (C=O) groups is 1. The minimum atomic E-state index is -4.09. The van der Waals surface area contributed by atoms with Crippen LogP contribution in [0.15, 0.2) is 58.2 Å². The maximum atomic E-state index is 12.9. The lowest BCUT2D eigenvalue weighted by atomic mass is 10.1. The van der Waals surface area contributed by atoms with Gasteiger partial charge in [-0.3, -0.25) is 14.5 Å². The second-order valence-electron chi connectivity index (χ2n) is 6.95. The lowest BCUT2D eigenvalue weighted by Crippen LogP contribution is -2.16. The smallest absolute Gasteiger partial charge is 0.285 e. The molecule has 0 saturated carbocycles. The summed E-state index contributed by atoms with van der Waals surface area (Å²) in [4.78, 5) is 18.1. The van der Waals surface area contributed by atoms with Crippen LogP contribution in [-0.2, 0) is 28.3 Å². The van der Waals surface area contributed by atoms with E-state index < -0.39 is 10.0 Å². The topological polar surface area (TPSA) is 110 Å². The van der Waals surface area contributed by atoms with E-state index in [1.54, 1.807) is 51.6 Å². The molecule has 0 saturated heterocycles. The number of sulfonamides is 1. The van der Waals surface area contributed by atoms with Gasteiger partial charge < -0.3 is 10.2 Å². The first-order valence-corrected chi connectivity index (χ1v) is 11.0. The van der Waals surface area contributed by atoms with Crippen molar-refractivity contribution in [1.82, 2.24) is 19.7 Å². The predicted octanol–water partition coefficient (Wildman–Crippen LogP) is 2.60. The molecule has 0 fully saturated rings. The van der Waals surface area contributed by atoms with Crippen molar-refractivity contribution in [3.63, 3.8) is 0 Å². The number of hydrogen-bond acceptors (Lipinski definition) is 5. The molecule has 0 bridgehead atoms. The average Bonchev–Trinajstić information content (AvgIpc) is 3.14. The normalized spacial score (nSPS) is 11.6. The average molecular weight is 461 g/mol. The fourth-order valence-electron chi connectivity index (χ4n) is 2.70. The SMILES string of the molecule is CN(C)C=NS(=O)(=O)c1cc(NC(=O)Cc2ccccc2Cl)cnc1-c1cnn(C)c1. The van der Waals surface area contributed by atoms with Crippen molar-refractivity contribution in [2.75, 3.05) is 19.4 Å². The van der Waals surface area contributed by atoms with Crippen molar-refractivity contribution in [3.8, 4) is 11.3 Å². The fourth-order valence-corrected chi connectivity index (χ4v) is 4.02. The van der Waals surface area contributed by atoms with Crippen molar-refractivity contribution < 1.29 is 13.2 Å². The molecule has 1 N–H and O–H groups in total. The van der Waals surface area contributed by atoms with Gasteiger partial charge in [0.15, 0.2) is 0 Å². The summed E-state index contributed by atoms with van der Waals surface area (Å²) >= 11 is 6.11.